The van der Waals surface area contributed by atoms with Crippen molar-refractivity contribution in [1.29, 1.82) is 0 Å². The minimum atomic E-state index is 0.506. The molecular formula is C18H33N3. The highest BCUT2D eigenvalue weighted by Crippen LogP contribution is 2.21. The molecule has 3 nitrogen and oxygen atoms in total. The van der Waals surface area contributed by atoms with Gasteiger partial charge in [-0.05, 0) is 37.0 Å². The molecule has 0 spiro atoms. The van der Waals surface area contributed by atoms with Gasteiger partial charge in [0, 0.05) is 31.9 Å². The van der Waals surface area contributed by atoms with Crippen molar-refractivity contribution < 1.29 is 0 Å². The van der Waals surface area contributed by atoms with E-state index in [1.807, 2.05) is 6.20 Å². The molecule has 0 radical (unpaired) electrons. The van der Waals surface area contributed by atoms with Crippen LogP contribution in [0.4, 0.5) is 5.82 Å². The summed E-state index contributed by atoms with van der Waals surface area (Å²) in [5.41, 5.74) is 2.55. The van der Waals surface area contributed by atoms with E-state index in [0.717, 1.165) is 31.4 Å². The number of pyridine rings is 1. The Morgan fingerprint density at radius 2 is 1.86 bits per heavy atom. The lowest BCUT2D eigenvalue weighted by molar-refractivity contribution is 0.484. The molecule has 1 heterocycles. The van der Waals surface area contributed by atoms with Gasteiger partial charge in [-0.3, -0.25) is 0 Å². The number of nitrogens with zero attached hydrogens (tertiary/aromatic N) is 2. The molecule has 0 unspecified atom stereocenters. The molecule has 0 aliphatic heterocycles. The van der Waals surface area contributed by atoms with Crippen LogP contribution in [-0.4, -0.2) is 24.1 Å². The van der Waals surface area contributed by atoms with E-state index in [1.165, 1.54) is 24.0 Å². The fourth-order valence-electron chi connectivity index (χ4n) is 2.60. The molecule has 21 heavy (non-hydrogen) atoms. The predicted octanol–water partition coefficient (Wildman–Crippen LogP) is 4.15. The van der Waals surface area contributed by atoms with Crippen LogP contribution < -0.4 is 10.2 Å². The Balaban J connectivity index is 2.80. The van der Waals surface area contributed by atoms with E-state index >= 15 is 0 Å². The van der Waals surface area contributed by atoms with Crippen LogP contribution in [-0.2, 0) is 6.54 Å². The summed E-state index contributed by atoms with van der Waals surface area (Å²) >= 11 is 0. The number of nitrogens with one attached hydrogen (secondary N) is 1. The summed E-state index contributed by atoms with van der Waals surface area (Å²) in [5, 5.41) is 3.45. The van der Waals surface area contributed by atoms with E-state index in [1.54, 1.807) is 0 Å². The molecule has 120 valence electrons. The molecule has 0 atom stereocenters. The van der Waals surface area contributed by atoms with Crippen LogP contribution in [0.25, 0.3) is 0 Å². The number of aryl methyl sites for hydroxylation is 1. The summed E-state index contributed by atoms with van der Waals surface area (Å²) < 4.78 is 0. The van der Waals surface area contributed by atoms with E-state index in [2.05, 4.69) is 57.8 Å². The summed E-state index contributed by atoms with van der Waals surface area (Å²) in [7, 11) is 0. The van der Waals surface area contributed by atoms with Gasteiger partial charge < -0.3 is 10.2 Å². The largest absolute Gasteiger partial charge is 0.356 e. The van der Waals surface area contributed by atoms with Crippen molar-refractivity contribution in [2.75, 3.05) is 18.0 Å². The Kier molecular flexibility index (Phi) is 7.73. The van der Waals surface area contributed by atoms with Gasteiger partial charge in [0.05, 0.1) is 0 Å². The zero-order valence-corrected chi connectivity index (χ0v) is 14.7. The highest BCUT2D eigenvalue weighted by molar-refractivity contribution is 5.47. The monoisotopic (exact) mass is 291 g/mol. The predicted molar refractivity (Wildman–Crippen MR) is 92.9 cm³/mol. The third-order valence-corrected chi connectivity index (χ3v) is 4.14. The van der Waals surface area contributed by atoms with Crippen molar-refractivity contribution in [3.05, 3.63) is 23.4 Å². The highest BCUT2D eigenvalue weighted by atomic mass is 15.2. The van der Waals surface area contributed by atoms with E-state index < -0.39 is 0 Å². The fraction of sp³-hybridized carbons (Fsp3) is 0.722. The fourth-order valence-corrected chi connectivity index (χ4v) is 2.60. The standard InChI is InChI=1S/C18H33N3/c1-7-16(8-2)13-21(9-3)18-15(6)10-17(12-20-18)11-19-14(4)5/h10,12,14,16,19H,7-9,11,13H2,1-6H3. The summed E-state index contributed by atoms with van der Waals surface area (Å²) in [5.74, 6) is 1.91. The van der Waals surface area contributed by atoms with Gasteiger partial charge in [0.2, 0.25) is 0 Å². The van der Waals surface area contributed by atoms with E-state index in [-0.39, 0.29) is 0 Å². The van der Waals surface area contributed by atoms with E-state index in [4.69, 9.17) is 4.98 Å². The second-order valence-electron chi connectivity index (χ2n) is 6.24. The van der Waals surface area contributed by atoms with Gasteiger partial charge in [-0.15, -0.1) is 0 Å². The van der Waals surface area contributed by atoms with Crippen LogP contribution in [0, 0.1) is 12.8 Å². The lowest BCUT2D eigenvalue weighted by atomic mass is 10.0. The van der Waals surface area contributed by atoms with Crippen molar-refractivity contribution in [2.24, 2.45) is 5.92 Å². The topological polar surface area (TPSA) is 28.2 Å². The maximum Gasteiger partial charge on any atom is 0.131 e. The molecule has 0 aromatic carbocycles. The average Bonchev–Trinajstić information content (AvgIpc) is 2.47. The van der Waals surface area contributed by atoms with Crippen LogP contribution in [0.15, 0.2) is 12.3 Å². The quantitative estimate of drug-likeness (QED) is 0.741. The highest BCUT2D eigenvalue weighted by Gasteiger charge is 2.14. The van der Waals surface area contributed by atoms with Crippen molar-refractivity contribution in [2.45, 2.75) is 67.0 Å². The Morgan fingerprint density at radius 1 is 1.19 bits per heavy atom. The summed E-state index contributed by atoms with van der Waals surface area (Å²) in [6, 6.07) is 2.78. The second kappa shape index (κ2) is 9.04. The zero-order valence-electron chi connectivity index (χ0n) is 14.7. The SMILES string of the molecule is CCC(CC)CN(CC)c1ncc(CNC(C)C)cc1C. The average molecular weight is 291 g/mol. The molecule has 3 heteroatoms. The van der Waals surface area contributed by atoms with Crippen molar-refractivity contribution in [1.82, 2.24) is 10.3 Å². The minimum absolute atomic E-state index is 0.506. The minimum Gasteiger partial charge on any atom is -0.356 e. The van der Waals surface area contributed by atoms with Crippen molar-refractivity contribution >= 4 is 5.82 Å². The van der Waals surface area contributed by atoms with Crippen LogP contribution in [0.5, 0.6) is 0 Å². The first-order valence-corrected chi connectivity index (χ1v) is 8.45. The smallest absolute Gasteiger partial charge is 0.131 e. The molecule has 1 aromatic rings. The van der Waals surface area contributed by atoms with Crippen LogP contribution in [0.3, 0.4) is 0 Å². The molecule has 1 N–H and O–H groups in total. The lowest BCUT2D eigenvalue weighted by Gasteiger charge is -2.28. The molecule has 0 amide bonds. The number of hydrogen-bond donors (Lipinski definition) is 1. The maximum absolute atomic E-state index is 4.73. The molecule has 0 saturated heterocycles. The van der Waals surface area contributed by atoms with Crippen molar-refractivity contribution in [3.63, 3.8) is 0 Å². The third-order valence-electron chi connectivity index (χ3n) is 4.14. The molecule has 1 rings (SSSR count). The molecular weight excluding hydrogens is 258 g/mol. The van der Waals surface area contributed by atoms with Crippen LogP contribution >= 0.6 is 0 Å². The summed E-state index contributed by atoms with van der Waals surface area (Å²) in [4.78, 5) is 7.16. The second-order valence-corrected chi connectivity index (χ2v) is 6.24. The number of rotatable bonds is 9. The normalized spacial score (nSPS) is 11.4. The third kappa shape index (κ3) is 5.66. The Bertz CT molecular complexity index is 411. The number of aromatic nitrogens is 1. The molecule has 0 bridgehead atoms. The van der Waals surface area contributed by atoms with Crippen LogP contribution in [0.2, 0.25) is 0 Å². The van der Waals surface area contributed by atoms with Gasteiger partial charge in [0.15, 0.2) is 0 Å². The Morgan fingerprint density at radius 3 is 2.33 bits per heavy atom. The molecule has 0 fully saturated rings. The van der Waals surface area contributed by atoms with Gasteiger partial charge in [-0.25, -0.2) is 4.98 Å². The molecule has 0 aliphatic rings. The van der Waals surface area contributed by atoms with Gasteiger partial charge in [0.25, 0.3) is 0 Å². The van der Waals surface area contributed by atoms with Gasteiger partial charge in [-0.1, -0.05) is 40.5 Å². The lowest BCUT2D eigenvalue weighted by Crippen LogP contribution is -2.30. The molecule has 1 aromatic heterocycles. The first-order chi connectivity index (χ1) is 10.0. The van der Waals surface area contributed by atoms with Gasteiger partial charge >= 0.3 is 0 Å². The number of hydrogen-bond acceptors (Lipinski definition) is 3. The van der Waals surface area contributed by atoms with E-state index in [0.29, 0.717) is 6.04 Å². The first kappa shape index (κ1) is 18.0. The van der Waals surface area contributed by atoms with Crippen molar-refractivity contribution in [3.8, 4) is 0 Å². The van der Waals surface area contributed by atoms with Gasteiger partial charge in [0.1, 0.15) is 5.82 Å². The zero-order chi connectivity index (χ0) is 15.8. The molecule has 0 saturated carbocycles. The Hall–Kier alpha value is -1.09. The summed E-state index contributed by atoms with van der Waals surface area (Å²) in [6.07, 6.45) is 4.50. The van der Waals surface area contributed by atoms with E-state index in [9.17, 15) is 0 Å². The Labute approximate surface area is 131 Å². The van der Waals surface area contributed by atoms with Crippen LogP contribution in [0.1, 0.15) is 58.6 Å². The van der Waals surface area contributed by atoms with Gasteiger partial charge in [-0.2, -0.15) is 0 Å². The first-order valence-electron chi connectivity index (χ1n) is 8.45. The maximum atomic E-state index is 4.73. The summed E-state index contributed by atoms with van der Waals surface area (Å²) in [6.45, 7) is 16.3. The number of anilines is 1. The molecule has 0 aliphatic carbocycles.